The molecule has 1 aromatic carbocycles. The standard InChI is InChI=1S/C24H26N2O5S/c1-5-31-24(28)21-17-8-6-14(2)10-20(17)32-23(21)26-22(27)16(13-25)11-15-7-9-18(29-3)19(12-15)30-4/h7,9,11-12,14H,5-6,8,10H2,1-4H3,(H,26,27)/b16-11-. The van der Waals surface area contributed by atoms with E-state index >= 15 is 0 Å². The van der Waals surface area contributed by atoms with Crippen molar-refractivity contribution in [2.75, 3.05) is 26.1 Å². The molecule has 1 N–H and O–H groups in total. The zero-order chi connectivity index (χ0) is 23.3. The van der Waals surface area contributed by atoms with Gasteiger partial charge >= 0.3 is 5.97 Å². The highest BCUT2D eigenvalue weighted by atomic mass is 32.1. The smallest absolute Gasteiger partial charge is 0.341 e. The Hall–Kier alpha value is -3.31. The third kappa shape index (κ3) is 4.94. The number of ether oxygens (including phenoxy) is 3. The fourth-order valence-electron chi connectivity index (χ4n) is 3.69. The summed E-state index contributed by atoms with van der Waals surface area (Å²) in [6.45, 7) is 4.16. The van der Waals surface area contributed by atoms with Crippen LogP contribution in [0, 0.1) is 17.2 Å². The minimum Gasteiger partial charge on any atom is -0.493 e. The van der Waals surface area contributed by atoms with Crippen LogP contribution in [0.15, 0.2) is 23.8 Å². The Kier molecular flexibility index (Phi) is 7.54. The van der Waals surface area contributed by atoms with Crippen LogP contribution in [0.4, 0.5) is 5.00 Å². The first kappa shape index (κ1) is 23.4. The van der Waals surface area contributed by atoms with Gasteiger partial charge in [-0.05, 0) is 61.4 Å². The average molecular weight is 455 g/mol. The van der Waals surface area contributed by atoms with Crippen molar-refractivity contribution < 1.29 is 23.8 Å². The van der Waals surface area contributed by atoms with Gasteiger partial charge in [-0.3, -0.25) is 4.79 Å². The minimum atomic E-state index is -0.584. The van der Waals surface area contributed by atoms with Gasteiger partial charge in [-0.15, -0.1) is 11.3 Å². The maximum absolute atomic E-state index is 12.9. The largest absolute Gasteiger partial charge is 0.493 e. The molecular formula is C24H26N2O5S. The van der Waals surface area contributed by atoms with Crippen molar-refractivity contribution in [2.24, 2.45) is 5.92 Å². The predicted molar refractivity (Wildman–Crippen MR) is 123 cm³/mol. The Labute approximate surface area is 191 Å². The van der Waals surface area contributed by atoms with Crippen molar-refractivity contribution in [1.82, 2.24) is 0 Å². The monoisotopic (exact) mass is 454 g/mol. The average Bonchev–Trinajstić information content (AvgIpc) is 3.13. The third-order valence-electron chi connectivity index (χ3n) is 5.30. The van der Waals surface area contributed by atoms with E-state index in [-0.39, 0.29) is 12.2 Å². The summed E-state index contributed by atoms with van der Waals surface area (Å²) in [5, 5.41) is 12.8. The molecule has 1 unspecified atom stereocenters. The summed E-state index contributed by atoms with van der Waals surface area (Å²) in [7, 11) is 3.05. The van der Waals surface area contributed by atoms with Crippen molar-refractivity contribution in [2.45, 2.75) is 33.1 Å². The van der Waals surface area contributed by atoms with Crippen LogP contribution in [-0.2, 0) is 22.4 Å². The van der Waals surface area contributed by atoms with Gasteiger partial charge in [0, 0.05) is 4.88 Å². The summed E-state index contributed by atoms with van der Waals surface area (Å²) in [6.07, 6.45) is 4.07. The summed E-state index contributed by atoms with van der Waals surface area (Å²) in [5.41, 5.74) is 1.88. The molecule has 0 radical (unpaired) electrons. The number of benzene rings is 1. The van der Waals surface area contributed by atoms with E-state index in [0.717, 1.165) is 29.7 Å². The number of carbonyl (C=O) groups excluding carboxylic acids is 2. The molecule has 0 fully saturated rings. The number of amides is 1. The molecule has 1 atom stereocenters. The second-order valence-electron chi connectivity index (χ2n) is 7.51. The first-order valence-corrected chi connectivity index (χ1v) is 11.2. The number of methoxy groups -OCH3 is 2. The Bertz CT molecular complexity index is 1100. The van der Waals surface area contributed by atoms with Crippen molar-refractivity contribution in [3.05, 3.63) is 45.3 Å². The summed E-state index contributed by atoms with van der Waals surface area (Å²) >= 11 is 1.39. The molecule has 0 saturated carbocycles. The second-order valence-corrected chi connectivity index (χ2v) is 8.62. The highest BCUT2D eigenvalue weighted by molar-refractivity contribution is 7.17. The number of nitrogens with zero attached hydrogens (tertiary/aromatic N) is 1. The molecule has 7 nitrogen and oxygen atoms in total. The molecular weight excluding hydrogens is 428 g/mol. The lowest BCUT2D eigenvalue weighted by molar-refractivity contribution is -0.112. The zero-order valence-electron chi connectivity index (χ0n) is 18.6. The van der Waals surface area contributed by atoms with Crippen LogP contribution in [0.5, 0.6) is 11.5 Å². The summed E-state index contributed by atoms with van der Waals surface area (Å²) < 4.78 is 15.7. The summed E-state index contributed by atoms with van der Waals surface area (Å²) in [6, 6.07) is 7.05. The maximum Gasteiger partial charge on any atom is 0.341 e. The van der Waals surface area contributed by atoms with E-state index in [0.29, 0.717) is 33.5 Å². The first-order chi connectivity index (χ1) is 15.4. The number of esters is 1. The van der Waals surface area contributed by atoms with Crippen LogP contribution < -0.4 is 14.8 Å². The highest BCUT2D eigenvalue weighted by Gasteiger charge is 2.29. The Morgan fingerprint density at radius 2 is 2.03 bits per heavy atom. The van der Waals surface area contributed by atoms with Gasteiger partial charge < -0.3 is 19.5 Å². The van der Waals surface area contributed by atoms with Crippen LogP contribution in [0.2, 0.25) is 0 Å². The second kappa shape index (κ2) is 10.3. The van der Waals surface area contributed by atoms with Crippen LogP contribution in [0.25, 0.3) is 6.08 Å². The Balaban J connectivity index is 1.92. The number of hydrogen-bond donors (Lipinski definition) is 1. The molecule has 1 heterocycles. The number of fused-ring (bicyclic) bond motifs is 1. The molecule has 0 saturated heterocycles. The summed E-state index contributed by atoms with van der Waals surface area (Å²) in [5.74, 6) is 0.518. The molecule has 0 spiro atoms. The molecule has 32 heavy (non-hydrogen) atoms. The minimum absolute atomic E-state index is 0.0910. The highest BCUT2D eigenvalue weighted by Crippen LogP contribution is 2.40. The van der Waals surface area contributed by atoms with Crippen molar-refractivity contribution in [1.29, 1.82) is 5.26 Å². The van der Waals surface area contributed by atoms with E-state index in [2.05, 4.69) is 12.2 Å². The predicted octanol–water partition coefficient (Wildman–Crippen LogP) is 4.61. The number of nitriles is 1. The SMILES string of the molecule is CCOC(=O)c1c(NC(=O)/C(C#N)=C\c2ccc(OC)c(OC)c2)sc2c1CCC(C)C2. The van der Waals surface area contributed by atoms with Gasteiger partial charge in [0.1, 0.15) is 16.6 Å². The van der Waals surface area contributed by atoms with Crippen LogP contribution in [0.1, 0.15) is 46.6 Å². The number of anilines is 1. The number of carbonyl (C=O) groups is 2. The fourth-order valence-corrected chi connectivity index (χ4v) is 5.08. The lowest BCUT2D eigenvalue weighted by atomic mass is 9.88. The Morgan fingerprint density at radius 3 is 2.69 bits per heavy atom. The van der Waals surface area contributed by atoms with Crippen LogP contribution >= 0.6 is 11.3 Å². The molecule has 0 aliphatic heterocycles. The molecule has 3 rings (SSSR count). The van der Waals surface area contributed by atoms with Gasteiger partial charge in [-0.1, -0.05) is 13.0 Å². The quantitative estimate of drug-likeness (QED) is 0.373. The molecule has 0 bridgehead atoms. The molecule has 8 heteroatoms. The topological polar surface area (TPSA) is 97.7 Å². The number of thiophene rings is 1. The molecule has 1 aliphatic rings. The van der Waals surface area contributed by atoms with E-state index < -0.39 is 11.9 Å². The zero-order valence-corrected chi connectivity index (χ0v) is 19.4. The molecule has 1 aromatic heterocycles. The van der Waals surface area contributed by atoms with Crippen LogP contribution in [0.3, 0.4) is 0 Å². The van der Waals surface area contributed by atoms with E-state index in [9.17, 15) is 14.9 Å². The molecule has 1 amide bonds. The van der Waals surface area contributed by atoms with Gasteiger partial charge in [-0.25, -0.2) is 4.79 Å². The van der Waals surface area contributed by atoms with Crippen LogP contribution in [-0.4, -0.2) is 32.7 Å². The lowest BCUT2D eigenvalue weighted by Crippen LogP contribution is -2.17. The van der Waals surface area contributed by atoms with Gasteiger partial charge in [0.05, 0.1) is 26.4 Å². The molecule has 168 valence electrons. The fraction of sp³-hybridized carbons (Fsp3) is 0.375. The number of nitrogens with one attached hydrogen (secondary N) is 1. The normalized spacial score (nSPS) is 15.3. The Morgan fingerprint density at radius 1 is 1.28 bits per heavy atom. The number of rotatable bonds is 7. The number of hydrogen-bond acceptors (Lipinski definition) is 7. The van der Waals surface area contributed by atoms with Gasteiger partial charge in [0.15, 0.2) is 11.5 Å². The van der Waals surface area contributed by atoms with Gasteiger partial charge in [-0.2, -0.15) is 5.26 Å². The van der Waals surface area contributed by atoms with E-state index in [1.807, 2.05) is 6.07 Å². The van der Waals surface area contributed by atoms with E-state index in [1.54, 1.807) is 25.1 Å². The van der Waals surface area contributed by atoms with Gasteiger partial charge in [0.2, 0.25) is 0 Å². The van der Waals surface area contributed by atoms with E-state index in [1.165, 1.54) is 31.6 Å². The van der Waals surface area contributed by atoms with E-state index in [4.69, 9.17) is 14.2 Å². The molecule has 2 aromatic rings. The first-order valence-electron chi connectivity index (χ1n) is 10.4. The molecule has 1 aliphatic carbocycles. The van der Waals surface area contributed by atoms with Crippen molar-refractivity contribution in [3.8, 4) is 17.6 Å². The maximum atomic E-state index is 12.9. The van der Waals surface area contributed by atoms with Crippen molar-refractivity contribution in [3.63, 3.8) is 0 Å². The third-order valence-corrected chi connectivity index (χ3v) is 6.47. The summed E-state index contributed by atoms with van der Waals surface area (Å²) in [4.78, 5) is 26.7. The van der Waals surface area contributed by atoms with Crippen molar-refractivity contribution >= 4 is 34.3 Å². The lowest BCUT2D eigenvalue weighted by Gasteiger charge is -2.18. The van der Waals surface area contributed by atoms with Gasteiger partial charge in [0.25, 0.3) is 5.91 Å².